The number of hydrogen-bond acceptors (Lipinski definition) is 6. The number of rotatable bonds is 6. The largest absolute Gasteiger partial charge is 0.384 e. The van der Waals surface area contributed by atoms with Crippen molar-refractivity contribution in [2.24, 2.45) is 0 Å². The third-order valence-electron chi connectivity index (χ3n) is 7.47. The van der Waals surface area contributed by atoms with Gasteiger partial charge in [-0.05, 0) is 53.6 Å². The Balaban J connectivity index is 1.21. The van der Waals surface area contributed by atoms with Crippen LogP contribution in [0.15, 0.2) is 71.7 Å². The number of nitrogens with zero attached hydrogens (tertiary/aromatic N) is 3. The summed E-state index contributed by atoms with van der Waals surface area (Å²) in [5.41, 5.74) is 12.8. The molecule has 0 spiro atoms. The summed E-state index contributed by atoms with van der Waals surface area (Å²) in [7, 11) is 0. The minimum atomic E-state index is -0.568. The number of pyridine rings is 1. The molecular formula is C29H28N6O2. The molecule has 37 heavy (non-hydrogen) atoms. The SMILES string of the molecule is Cc1nc(N)ccc1CNC(=O)[C@@H]1CCc2cnc(NCC3c4ccccc4-c4ccccc43)c(=O)n21. The van der Waals surface area contributed by atoms with Crippen LogP contribution in [0.3, 0.4) is 0 Å². The number of nitrogen functional groups attached to an aromatic ring is 1. The van der Waals surface area contributed by atoms with E-state index < -0.39 is 6.04 Å². The van der Waals surface area contributed by atoms with Gasteiger partial charge in [-0.3, -0.25) is 14.2 Å². The number of carbonyl (C=O) groups is 1. The summed E-state index contributed by atoms with van der Waals surface area (Å²) in [5, 5.41) is 6.27. The molecule has 2 aromatic carbocycles. The van der Waals surface area contributed by atoms with Gasteiger partial charge in [0.05, 0.1) is 0 Å². The van der Waals surface area contributed by atoms with E-state index in [0.29, 0.717) is 31.7 Å². The van der Waals surface area contributed by atoms with Crippen molar-refractivity contribution in [3.63, 3.8) is 0 Å². The predicted octanol–water partition coefficient (Wildman–Crippen LogP) is 3.56. The number of hydrogen-bond donors (Lipinski definition) is 3. The zero-order valence-corrected chi connectivity index (χ0v) is 20.6. The lowest BCUT2D eigenvalue weighted by Crippen LogP contribution is -2.36. The Labute approximate surface area is 214 Å². The van der Waals surface area contributed by atoms with Crippen molar-refractivity contribution in [3.05, 3.63) is 105 Å². The third-order valence-corrected chi connectivity index (χ3v) is 7.47. The molecule has 0 radical (unpaired) electrons. The van der Waals surface area contributed by atoms with Crippen molar-refractivity contribution in [2.45, 2.75) is 38.3 Å². The number of aromatic nitrogens is 3. The molecule has 2 aliphatic rings. The smallest absolute Gasteiger partial charge is 0.294 e. The minimum absolute atomic E-state index is 0.114. The van der Waals surface area contributed by atoms with Gasteiger partial charge in [-0.2, -0.15) is 0 Å². The van der Waals surface area contributed by atoms with Gasteiger partial charge in [-0.25, -0.2) is 9.97 Å². The number of nitrogens with two attached hydrogens (primary N) is 1. The second-order valence-corrected chi connectivity index (χ2v) is 9.63. The van der Waals surface area contributed by atoms with Crippen molar-refractivity contribution in [1.29, 1.82) is 0 Å². The summed E-state index contributed by atoms with van der Waals surface area (Å²) in [6.45, 7) is 2.73. The second-order valence-electron chi connectivity index (χ2n) is 9.63. The molecule has 186 valence electrons. The fourth-order valence-corrected chi connectivity index (χ4v) is 5.59. The van der Waals surface area contributed by atoms with Crippen molar-refractivity contribution >= 4 is 17.5 Å². The normalized spacial score (nSPS) is 15.6. The lowest BCUT2D eigenvalue weighted by molar-refractivity contribution is -0.124. The van der Waals surface area contributed by atoms with Crippen molar-refractivity contribution < 1.29 is 4.79 Å². The Morgan fingerprint density at radius 3 is 2.46 bits per heavy atom. The van der Waals surface area contributed by atoms with Gasteiger partial charge in [0.25, 0.3) is 5.56 Å². The molecule has 4 aromatic rings. The van der Waals surface area contributed by atoms with Crippen LogP contribution in [0, 0.1) is 6.92 Å². The standard InChI is InChI=1S/C29H28N6O2/c1-17-18(10-13-26(30)34-17)14-33-28(36)25-12-11-19-15-31-27(29(37)35(19)25)32-16-24-22-8-4-2-6-20(22)21-7-3-5-9-23(21)24/h2-10,13,15,24-25H,11-12,14,16H2,1H3,(H2,30,34)(H,31,32)(H,33,36)/t25-/m0/s1. The number of fused-ring (bicyclic) bond motifs is 4. The number of carbonyl (C=O) groups excluding carboxylic acids is 1. The second kappa shape index (κ2) is 9.20. The van der Waals surface area contributed by atoms with Gasteiger partial charge in [-0.1, -0.05) is 54.6 Å². The van der Waals surface area contributed by atoms with Gasteiger partial charge < -0.3 is 16.4 Å². The summed E-state index contributed by atoms with van der Waals surface area (Å²) in [4.78, 5) is 35.3. The number of nitrogens with one attached hydrogen (secondary N) is 2. The summed E-state index contributed by atoms with van der Waals surface area (Å²) < 4.78 is 1.59. The minimum Gasteiger partial charge on any atom is -0.384 e. The van der Waals surface area contributed by atoms with Crippen molar-refractivity contribution in [1.82, 2.24) is 19.9 Å². The van der Waals surface area contributed by atoms with Crippen LogP contribution in [-0.4, -0.2) is 27.0 Å². The summed E-state index contributed by atoms with van der Waals surface area (Å²) in [6.07, 6.45) is 2.91. The van der Waals surface area contributed by atoms with Crippen molar-refractivity contribution in [3.8, 4) is 11.1 Å². The number of aryl methyl sites for hydroxylation is 2. The van der Waals surface area contributed by atoms with Gasteiger partial charge in [0, 0.05) is 36.6 Å². The maximum Gasteiger partial charge on any atom is 0.294 e. The fraction of sp³-hybridized carbons (Fsp3) is 0.241. The van der Waals surface area contributed by atoms with Crippen molar-refractivity contribution in [2.75, 3.05) is 17.6 Å². The van der Waals surface area contributed by atoms with E-state index in [-0.39, 0.29) is 23.2 Å². The number of amides is 1. The summed E-state index contributed by atoms with van der Waals surface area (Å²) in [6, 6.07) is 19.8. The quantitative estimate of drug-likeness (QED) is 0.379. The molecule has 1 atom stereocenters. The average molecular weight is 493 g/mol. The molecule has 0 unspecified atom stereocenters. The van der Waals surface area contributed by atoms with E-state index >= 15 is 0 Å². The van der Waals surface area contributed by atoms with Crippen LogP contribution in [0.1, 0.15) is 46.5 Å². The van der Waals surface area contributed by atoms with Crippen LogP contribution in [0.4, 0.5) is 11.6 Å². The Morgan fingerprint density at radius 1 is 1.05 bits per heavy atom. The van der Waals surface area contributed by atoms with Crippen LogP contribution in [0.2, 0.25) is 0 Å². The average Bonchev–Trinajstić information content (AvgIpc) is 3.48. The molecule has 1 aliphatic carbocycles. The molecule has 8 heteroatoms. The lowest BCUT2D eigenvalue weighted by atomic mass is 9.97. The Kier molecular flexibility index (Phi) is 5.71. The molecule has 8 nitrogen and oxygen atoms in total. The maximum atomic E-state index is 13.5. The van der Waals surface area contributed by atoms with Crippen LogP contribution < -0.4 is 21.9 Å². The van der Waals surface area contributed by atoms with E-state index in [2.05, 4.69) is 57.0 Å². The molecule has 4 N–H and O–H groups in total. The Morgan fingerprint density at radius 2 is 1.76 bits per heavy atom. The Hall–Kier alpha value is -4.46. The van der Waals surface area contributed by atoms with E-state index in [1.54, 1.807) is 16.8 Å². The number of anilines is 2. The zero-order chi connectivity index (χ0) is 25.5. The first-order valence-electron chi connectivity index (χ1n) is 12.5. The summed E-state index contributed by atoms with van der Waals surface area (Å²) >= 11 is 0. The van der Waals surface area contributed by atoms with E-state index in [4.69, 9.17) is 5.73 Å². The Bertz CT molecular complexity index is 1530. The molecule has 0 fully saturated rings. The molecule has 6 rings (SSSR count). The molecule has 1 aliphatic heterocycles. The van der Waals surface area contributed by atoms with Gasteiger partial charge in [0.1, 0.15) is 11.9 Å². The first-order valence-corrected chi connectivity index (χ1v) is 12.5. The molecule has 3 heterocycles. The van der Waals surface area contributed by atoms with Crippen LogP contribution in [0.25, 0.3) is 11.1 Å². The highest BCUT2D eigenvalue weighted by molar-refractivity contribution is 5.81. The highest BCUT2D eigenvalue weighted by atomic mass is 16.2. The first kappa shape index (κ1) is 23.0. The highest BCUT2D eigenvalue weighted by Crippen LogP contribution is 2.44. The molecular weight excluding hydrogens is 464 g/mol. The third kappa shape index (κ3) is 4.04. The fourth-order valence-electron chi connectivity index (χ4n) is 5.59. The van der Waals surface area contributed by atoms with Gasteiger partial charge >= 0.3 is 0 Å². The first-order chi connectivity index (χ1) is 18.0. The maximum absolute atomic E-state index is 13.5. The molecule has 2 aromatic heterocycles. The van der Waals surface area contributed by atoms with Crippen LogP contribution in [0.5, 0.6) is 0 Å². The van der Waals surface area contributed by atoms with E-state index in [1.807, 2.05) is 25.1 Å². The molecule has 0 saturated heterocycles. The van der Waals surface area contributed by atoms with Gasteiger partial charge in [0.2, 0.25) is 5.91 Å². The van der Waals surface area contributed by atoms with E-state index in [9.17, 15) is 9.59 Å². The molecule has 0 saturated carbocycles. The van der Waals surface area contributed by atoms with E-state index in [1.165, 1.54) is 22.3 Å². The topological polar surface area (TPSA) is 115 Å². The van der Waals surface area contributed by atoms with Crippen LogP contribution >= 0.6 is 0 Å². The zero-order valence-electron chi connectivity index (χ0n) is 20.6. The highest BCUT2D eigenvalue weighted by Gasteiger charge is 2.32. The van der Waals surface area contributed by atoms with Crippen LogP contribution in [-0.2, 0) is 17.8 Å². The van der Waals surface area contributed by atoms with Gasteiger partial charge in [-0.15, -0.1) is 0 Å². The van der Waals surface area contributed by atoms with E-state index in [0.717, 1.165) is 17.0 Å². The molecule has 1 amide bonds. The summed E-state index contributed by atoms with van der Waals surface area (Å²) in [5.74, 6) is 0.639. The lowest BCUT2D eigenvalue weighted by Gasteiger charge is -2.18. The monoisotopic (exact) mass is 492 g/mol. The predicted molar refractivity (Wildman–Crippen MR) is 143 cm³/mol. The number of benzene rings is 2. The van der Waals surface area contributed by atoms with Gasteiger partial charge in [0.15, 0.2) is 5.82 Å². The molecule has 0 bridgehead atoms.